The molecule has 23 heavy (non-hydrogen) atoms. The van der Waals surface area contributed by atoms with E-state index in [4.69, 9.17) is 0 Å². The highest BCUT2D eigenvalue weighted by molar-refractivity contribution is 7.99. The Balaban J connectivity index is 1.83. The first-order chi connectivity index (χ1) is 11.1. The minimum absolute atomic E-state index is 0.0482. The molecule has 1 unspecified atom stereocenters. The molecule has 0 fully saturated rings. The van der Waals surface area contributed by atoms with Crippen molar-refractivity contribution in [2.45, 2.75) is 31.3 Å². The predicted octanol–water partition coefficient (Wildman–Crippen LogP) is 4.09. The van der Waals surface area contributed by atoms with Gasteiger partial charge in [0.2, 0.25) is 0 Å². The smallest absolute Gasteiger partial charge is 0.255 e. The number of pyridine rings is 1. The minimum atomic E-state index is -0.257. The highest BCUT2D eigenvalue weighted by atomic mass is 32.2. The van der Waals surface area contributed by atoms with Crippen LogP contribution in [0.25, 0.3) is 0 Å². The molecule has 0 bridgehead atoms. The van der Waals surface area contributed by atoms with Crippen molar-refractivity contribution in [3.8, 4) is 0 Å². The van der Waals surface area contributed by atoms with E-state index < -0.39 is 0 Å². The molecular weight excluding hydrogens is 311 g/mol. The number of fused-ring (bicyclic) bond motifs is 1. The molecular formula is C18H19FN2OS. The molecule has 5 heteroatoms. The molecule has 1 aliphatic heterocycles. The highest BCUT2D eigenvalue weighted by Crippen LogP contribution is 2.31. The molecule has 2 aromatic rings. The fraction of sp³-hybridized carbons (Fsp3) is 0.333. The van der Waals surface area contributed by atoms with Gasteiger partial charge in [-0.3, -0.25) is 4.79 Å². The molecule has 0 N–H and O–H groups in total. The molecule has 1 aliphatic rings. The van der Waals surface area contributed by atoms with E-state index in [1.807, 2.05) is 25.1 Å². The second kappa shape index (κ2) is 6.71. The van der Waals surface area contributed by atoms with E-state index in [1.54, 1.807) is 28.9 Å². The van der Waals surface area contributed by atoms with Crippen LogP contribution in [0, 0.1) is 5.82 Å². The van der Waals surface area contributed by atoms with Crippen LogP contribution in [-0.4, -0.2) is 28.1 Å². The second-order valence-electron chi connectivity index (χ2n) is 5.59. The van der Waals surface area contributed by atoms with Crippen LogP contribution < -0.4 is 0 Å². The third kappa shape index (κ3) is 3.24. The Morgan fingerprint density at radius 1 is 1.39 bits per heavy atom. The first-order valence-corrected chi connectivity index (χ1v) is 8.77. The number of halogens is 1. The Hall–Kier alpha value is -1.88. The van der Waals surface area contributed by atoms with E-state index in [0.717, 1.165) is 28.3 Å². The average molecular weight is 330 g/mol. The van der Waals surface area contributed by atoms with Crippen LogP contribution in [0.2, 0.25) is 0 Å². The van der Waals surface area contributed by atoms with E-state index in [2.05, 4.69) is 11.9 Å². The normalized spacial score (nSPS) is 17.0. The number of carbonyl (C=O) groups is 1. The van der Waals surface area contributed by atoms with Crippen molar-refractivity contribution in [2.24, 2.45) is 0 Å². The van der Waals surface area contributed by atoms with Crippen LogP contribution in [0.5, 0.6) is 0 Å². The summed E-state index contributed by atoms with van der Waals surface area (Å²) in [5.41, 5.74) is 2.60. The molecule has 1 atom stereocenters. The molecule has 1 amide bonds. The molecule has 0 saturated carbocycles. The third-order valence-corrected chi connectivity index (χ3v) is 5.01. The number of benzene rings is 1. The van der Waals surface area contributed by atoms with Crippen LogP contribution in [0.3, 0.4) is 0 Å². The van der Waals surface area contributed by atoms with Gasteiger partial charge in [0, 0.05) is 12.7 Å². The second-order valence-corrected chi connectivity index (χ2v) is 6.87. The lowest BCUT2D eigenvalue weighted by Gasteiger charge is -2.35. The van der Waals surface area contributed by atoms with Crippen molar-refractivity contribution in [3.05, 3.63) is 59.0 Å². The van der Waals surface area contributed by atoms with E-state index in [1.165, 1.54) is 6.07 Å². The van der Waals surface area contributed by atoms with Crippen LogP contribution in [0.1, 0.15) is 41.4 Å². The first-order valence-electron chi connectivity index (χ1n) is 7.78. The van der Waals surface area contributed by atoms with Gasteiger partial charge in [-0.2, -0.15) is 0 Å². The largest absolute Gasteiger partial charge is 0.331 e. The van der Waals surface area contributed by atoms with Crippen LogP contribution >= 0.6 is 11.8 Å². The van der Waals surface area contributed by atoms with Crippen molar-refractivity contribution in [3.63, 3.8) is 0 Å². The molecule has 120 valence electrons. The summed E-state index contributed by atoms with van der Waals surface area (Å²) in [5.74, 6) is 0.645. The van der Waals surface area contributed by atoms with Crippen LogP contribution in [0.4, 0.5) is 4.39 Å². The van der Waals surface area contributed by atoms with E-state index in [-0.39, 0.29) is 17.8 Å². The van der Waals surface area contributed by atoms with Crippen molar-refractivity contribution in [1.82, 2.24) is 9.88 Å². The van der Waals surface area contributed by atoms with Gasteiger partial charge >= 0.3 is 0 Å². The molecule has 0 saturated heterocycles. The number of aromatic nitrogens is 1. The molecule has 1 aromatic heterocycles. The predicted molar refractivity (Wildman–Crippen MR) is 90.2 cm³/mol. The summed E-state index contributed by atoms with van der Waals surface area (Å²) < 4.78 is 13.5. The molecule has 0 aliphatic carbocycles. The van der Waals surface area contributed by atoms with Gasteiger partial charge < -0.3 is 4.90 Å². The van der Waals surface area contributed by atoms with Gasteiger partial charge in [0.1, 0.15) is 5.82 Å². The lowest BCUT2D eigenvalue weighted by molar-refractivity contribution is 0.0676. The zero-order valence-corrected chi connectivity index (χ0v) is 14.1. The van der Waals surface area contributed by atoms with Gasteiger partial charge in [0.05, 0.1) is 16.6 Å². The molecule has 3 nitrogen and oxygen atoms in total. The van der Waals surface area contributed by atoms with Gasteiger partial charge in [-0.05, 0) is 54.5 Å². The SMILES string of the molecule is CCSc1ccc(C(=O)N2CCc3ccc(F)cc3C2C)cn1. The average Bonchev–Trinajstić information content (AvgIpc) is 2.56. The summed E-state index contributed by atoms with van der Waals surface area (Å²) in [6.45, 7) is 4.66. The summed E-state index contributed by atoms with van der Waals surface area (Å²) >= 11 is 1.65. The zero-order chi connectivity index (χ0) is 16.4. The maximum absolute atomic E-state index is 13.5. The number of hydrogen-bond acceptors (Lipinski definition) is 3. The highest BCUT2D eigenvalue weighted by Gasteiger charge is 2.28. The monoisotopic (exact) mass is 330 g/mol. The fourth-order valence-electron chi connectivity index (χ4n) is 2.97. The Morgan fingerprint density at radius 2 is 2.22 bits per heavy atom. The molecule has 1 aromatic carbocycles. The van der Waals surface area contributed by atoms with E-state index in [0.29, 0.717) is 12.1 Å². The van der Waals surface area contributed by atoms with Crippen LogP contribution in [0.15, 0.2) is 41.6 Å². The Labute approximate surface area is 139 Å². The third-order valence-electron chi connectivity index (χ3n) is 4.18. The molecule has 0 radical (unpaired) electrons. The molecule has 3 rings (SSSR count). The molecule has 0 spiro atoms. The summed E-state index contributed by atoms with van der Waals surface area (Å²) in [4.78, 5) is 18.9. The Kier molecular flexibility index (Phi) is 4.66. The zero-order valence-electron chi connectivity index (χ0n) is 13.3. The number of rotatable bonds is 3. The van der Waals surface area contributed by atoms with Gasteiger partial charge in [0.25, 0.3) is 5.91 Å². The van der Waals surface area contributed by atoms with Crippen molar-refractivity contribution < 1.29 is 9.18 Å². The van der Waals surface area contributed by atoms with E-state index in [9.17, 15) is 9.18 Å². The van der Waals surface area contributed by atoms with Gasteiger partial charge in [-0.1, -0.05) is 13.0 Å². The number of hydrogen-bond donors (Lipinski definition) is 0. The van der Waals surface area contributed by atoms with Crippen molar-refractivity contribution in [2.75, 3.05) is 12.3 Å². The summed E-state index contributed by atoms with van der Waals surface area (Å²) in [5, 5.41) is 0.920. The minimum Gasteiger partial charge on any atom is -0.331 e. The summed E-state index contributed by atoms with van der Waals surface area (Å²) in [6, 6.07) is 8.41. The van der Waals surface area contributed by atoms with Gasteiger partial charge in [-0.25, -0.2) is 9.37 Å². The topological polar surface area (TPSA) is 33.2 Å². The van der Waals surface area contributed by atoms with Gasteiger partial charge in [0.15, 0.2) is 0 Å². The van der Waals surface area contributed by atoms with E-state index >= 15 is 0 Å². The van der Waals surface area contributed by atoms with Gasteiger partial charge in [-0.15, -0.1) is 11.8 Å². The molecule has 2 heterocycles. The Bertz CT molecular complexity index is 717. The standard InChI is InChI=1S/C18H19FN2OS/c1-3-23-17-7-5-14(11-20-17)18(22)21-9-8-13-4-6-15(19)10-16(13)12(21)2/h4-7,10-12H,3,8-9H2,1-2H3. The Morgan fingerprint density at radius 3 is 2.91 bits per heavy atom. The van der Waals surface area contributed by atoms with Crippen molar-refractivity contribution >= 4 is 17.7 Å². The lowest BCUT2D eigenvalue weighted by Crippen LogP contribution is -2.39. The number of thioether (sulfide) groups is 1. The van der Waals surface area contributed by atoms with Crippen molar-refractivity contribution in [1.29, 1.82) is 0 Å². The van der Waals surface area contributed by atoms with Crippen LogP contribution in [-0.2, 0) is 6.42 Å². The number of carbonyl (C=O) groups excluding carboxylic acids is 1. The number of amides is 1. The lowest BCUT2D eigenvalue weighted by atomic mass is 9.93. The fourth-order valence-corrected chi connectivity index (χ4v) is 3.56. The quantitative estimate of drug-likeness (QED) is 0.795. The summed E-state index contributed by atoms with van der Waals surface area (Å²) in [7, 11) is 0. The maximum atomic E-state index is 13.5. The summed E-state index contributed by atoms with van der Waals surface area (Å²) in [6.07, 6.45) is 2.39. The maximum Gasteiger partial charge on any atom is 0.255 e. The first kappa shape index (κ1) is 16.0. The number of nitrogens with zero attached hydrogens (tertiary/aromatic N) is 2.